The zero-order valence-electron chi connectivity index (χ0n) is 20.0. The van der Waals surface area contributed by atoms with Gasteiger partial charge in [-0.05, 0) is 38.6 Å². The van der Waals surface area contributed by atoms with E-state index in [1.807, 2.05) is 49.0 Å². The van der Waals surface area contributed by atoms with Gasteiger partial charge in [0.05, 0.1) is 24.6 Å². The highest BCUT2D eigenvalue weighted by Crippen LogP contribution is 2.23. The van der Waals surface area contributed by atoms with Gasteiger partial charge in [0.1, 0.15) is 22.2 Å². The van der Waals surface area contributed by atoms with Crippen LogP contribution in [0.25, 0.3) is 5.69 Å². The fourth-order valence-corrected chi connectivity index (χ4v) is 4.84. The Kier molecular flexibility index (Phi) is 6.55. The van der Waals surface area contributed by atoms with Gasteiger partial charge in [-0.3, -0.25) is 4.79 Å². The summed E-state index contributed by atoms with van der Waals surface area (Å²) in [5.41, 5.74) is 2.63. The second-order valence-corrected chi connectivity index (χ2v) is 9.68. The van der Waals surface area contributed by atoms with E-state index in [4.69, 9.17) is 0 Å². The Morgan fingerprint density at radius 3 is 2.77 bits per heavy atom. The standard InChI is InChI=1S/C23H28N10OS/c1-16-26-17(2)32(28-16)14-19-15-33(29-27-19)20-6-4-5-18(11-20)12-24-22(34)21-13-25-23(35-21)31-9-7-30(3)8-10-31/h4-6,11,13,15H,7-10,12,14H2,1-3H3,(H,24,34). The average molecular weight is 493 g/mol. The number of anilines is 1. The van der Waals surface area contributed by atoms with Gasteiger partial charge < -0.3 is 15.1 Å². The molecule has 12 heteroatoms. The molecule has 1 fully saturated rings. The summed E-state index contributed by atoms with van der Waals surface area (Å²) < 4.78 is 3.54. The maximum absolute atomic E-state index is 12.7. The van der Waals surface area contributed by atoms with Crippen LogP contribution in [0.2, 0.25) is 0 Å². The van der Waals surface area contributed by atoms with E-state index in [0.29, 0.717) is 18.0 Å². The fourth-order valence-electron chi connectivity index (χ4n) is 3.95. The maximum Gasteiger partial charge on any atom is 0.263 e. The summed E-state index contributed by atoms with van der Waals surface area (Å²) in [6.07, 6.45) is 3.55. The van der Waals surface area contributed by atoms with E-state index >= 15 is 0 Å². The zero-order valence-corrected chi connectivity index (χ0v) is 20.9. The summed E-state index contributed by atoms with van der Waals surface area (Å²) in [4.78, 5) is 26.7. The third-order valence-electron chi connectivity index (χ3n) is 5.93. The highest BCUT2D eigenvalue weighted by Gasteiger charge is 2.19. The van der Waals surface area contributed by atoms with E-state index in [1.165, 1.54) is 11.3 Å². The number of carbonyl (C=O) groups excluding carboxylic acids is 1. The number of nitrogens with one attached hydrogen (secondary N) is 1. The molecule has 0 unspecified atom stereocenters. The summed E-state index contributed by atoms with van der Waals surface area (Å²) in [5.74, 6) is 1.46. The number of thiazole rings is 1. The van der Waals surface area contributed by atoms with Crippen molar-refractivity contribution in [3.8, 4) is 5.69 Å². The van der Waals surface area contributed by atoms with Gasteiger partial charge in [-0.15, -0.1) is 5.10 Å². The molecule has 0 aliphatic carbocycles. The van der Waals surface area contributed by atoms with Gasteiger partial charge in [0, 0.05) is 32.7 Å². The summed E-state index contributed by atoms with van der Waals surface area (Å²) in [5, 5.41) is 16.8. The van der Waals surface area contributed by atoms with Crippen molar-refractivity contribution < 1.29 is 4.79 Å². The molecule has 0 spiro atoms. The number of aromatic nitrogens is 7. The summed E-state index contributed by atoms with van der Waals surface area (Å²) in [6, 6.07) is 7.87. The molecule has 1 N–H and O–H groups in total. The first-order chi connectivity index (χ1) is 16.9. The zero-order chi connectivity index (χ0) is 24.4. The van der Waals surface area contributed by atoms with Gasteiger partial charge in [-0.2, -0.15) is 5.10 Å². The third kappa shape index (κ3) is 5.38. The highest BCUT2D eigenvalue weighted by atomic mass is 32.1. The molecular weight excluding hydrogens is 464 g/mol. The van der Waals surface area contributed by atoms with Crippen LogP contribution in [-0.2, 0) is 13.1 Å². The minimum absolute atomic E-state index is 0.116. The number of piperazine rings is 1. The lowest BCUT2D eigenvalue weighted by Gasteiger charge is -2.32. The van der Waals surface area contributed by atoms with Crippen molar-refractivity contribution in [3.63, 3.8) is 0 Å². The van der Waals surface area contributed by atoms with Crippen LogP contribution in [0.4, 0.5) is 5.13 Å². The molecule has 11 nitrogen and oxygen atoms in total. The van der Waals surface area contributed by atoms with Crippen molar-refractivity contribution in [3.05, 3.63) is 64.4 Å². The second kappa shape index (κ2) is 9.92. The van der Waals surface area contributed by atoms with E-state index in [0.717, 1.165) is 59.9 Å². The Morgan fingerprint density at radius 1 is 1.17 bits per heavy atom. The number of rotatable bonds is 7. The summed E-state index contributed by atoms with van der Waals surface area (Å²) in [7, 11) is 2.12. The fraction of sp³-hybridized carbons (Fsp3) is 0.391. The predicted octanol–water partition coefficient (Wildman–Crippen LogP) is 1.66. The van der Waals surface area contributed by atoms with Crippen molar-refractivity contribution in [1.29, 1.82) is 0 Å². The third-order valence-corrected chi connectivity index (χ3v) is 6.99. The van der Waals surface area contributed by atoms with Crippen LogP contribution in [0.1, 0.15) is 32.6 Å². The molecule has 182 valence electrons. The van der Waals surface area contributed by atoms with Gasteiger partial charge in [0.25, 0.3) is 5.91 Å². The lowest BCUT2D eigenvalue weighted by atomic mass is 10.2. The first-order valence-electron chi connectivity index (χ1n) is 11.5. The molecule has 0 radical (unpaired) electrons. The molecule has 1 aliphatic rings. The quantitative estimate of drug-likeness (QED) is 0.415. The molecule has 0 atom stereocenters. The Hall–Kier alpha value is -3.64. The van der Waals surface area contributed by atoms with Gasteiger partial charge in [-0.25, -0.2) is 19.3 Å². The molecule has 1 saturated heterocycles. The Bertz CT molecular complexity index is 1320. The largest absolute Gasteiger partial charge is 0.347 e. The van der Waals surface area contributed by atoms with E-state index < -0.39 is 0 Å². The van der Waals surface area contributed by atoms with Crippen LogP contribution < -0.4 is 10.2 Å². The molecule has 4 aromatic rings. The lowest BCUT2D eigenvalue weighted by molar-refractivity contribution is 0.0954. The Morgan fingerprint density at radius 2 is 2.00 bits per heavy atom. The van der Waals surface area contributed by atoms with Crippen LogP contribution >= 0.6 is 11.3 Å². The van der Waals surface area contributed by atoms with E-state index in [9.17, 15) is 4.79 Å². The van der Waals surface area contributed by atoms with E-state index in [-0.39, 0.29) is 5.91 Å². The van der Waals surface area contributed by atoms with Crippen molar-refractivity contribution in [2.24, 2.45) is 0 Å². The number of nitrogens with zero attached hydrogens (tertiary/aromatic N) is 9. The molecule has 4 heterocycles. The number of benzene rings is 1. The predicted molar refractivity (Wildman–Crippen MR) is 133 cm³/mol. The number of likely N-dealkylation sites (N-methyl/N-ethyl adjacent to an activating group) is 1. The summed E-state index contributed by atoms with van der Waals surface area (Å²) >= 11 is 1.44. The smallest absolute Gasteiger partial charge is 0.263 e. The van der Waals surface area contributed by atoms with Crippen molar-refractivity contribution in [2.75, 3.05) is 38.1 Å². The minimum Gasteiger partial charge on any atom is -0.347 e. The molecule has 35 heavy (non-hydrogen) atoms. The first kappa shape index (κ1) is 23.1. The molecule has 5 rings (SSSR count). The topological polar surface area (TPSA) is 110 Å². The summed E-state index contributed by atoms with van der Waals surface area (Å²) in [6.45, 7) is 8.57. The van der Waals surface area contributed by atoms with Gasteiger partial charge >= 0.3 is 0 Å². The van der Waals surface area contributed by atoms with Crippen LogP contribution in [0.5, 0.6) is 0 Å². The first-order valence-corrected chi connectivity index (χ1v) is 12.3. The Labute approximate surface area is 207 Å². The van der Waals surface area contributed by atoms with Crippen LogP contribution in [0, 0.1) is 13.8 Å². The SMILES string of the molecule is Cc1nc(C)n(Cc2cn(-c3cccc(CNC(=O)c4cnc(N5CCN(C)CC5)s4)c3)nn2)n1. The second-order valence-electron chi connectivity index (χ2n) is 8.67. The van der Waals surface area contributed by atoms with Crippen molar-refractivity contribution in [2.45, 2.75) is 26.9 Å². The Balaban J connectivity index is 1.20. The van der Waals surface area contributed by atoms with Crippen molar-refractivity contribution >= 4 is 22.4 Å². The number of amides is 1. The molecule has 0 bridgehead atoms. The van der Waals surface area contributed by atoms with Crippen LogP contribution in [0.15, 0.2) is 36.7 Å². The van der Waals surface area contributed by atoms with Crippen molar-refractivity contribution in [1.82, 2.24) is 45.0 Å². The number of hydrogen-bond acceptors (Lipinski definition) is 9. The molecular formula is C23H28N10OS. The van der Waals surface area contributed by atoms with E-state index in [2.05, 4.69) is 47.5 Å². The molecule has 0 saturated carbocycles. The van der Waals surface area contributed by atoms with Gasteiger partial charge in [0.15, 0.2) is 5.13 Å². The monoisotopic (exact) mass is 492 g/mol. The normalized spacial score (nSPS) is 14.4. The molecule has 1 aromatic carbocycles. The van der Waals surface area contributed by atoms with Crippen LogP contribution in [0.3, 0.4) is 0 Å². The molecule has 1 aliphatic heterocycles. The molecule has 3 aromatic heterocycles. The van der Waals surface area contributed by atoms with Crippen LogP contribution in [-0.4, -0.2) is 78.8 Å². The van der Waals surface area contributed by atoms with E-state index in [1.54, 1.807) is 10.9 Å². The maximum atomic E-state index is 12.7. The number of hydrogen-bond donors (Lipinski definition) is 1. The average Bonchev–Trinajstić information content (AvgIpc) is 3.59. The van der Waals surface area contributed by atoms with Gasteiger partial charge in [-0.1, -0.05) is 28.7 Å². The number of carbonyl (C=O) groups is 1. The lowest BCUT2D eigenvalue weighted by Crippen LogP contribution is -2.44. The highest BCUT2D eigenvalue weighted by molar-refractivity contribution is 7.17. The molecule has 1 amide bonds. The number of aryl methyl sites for hydroxylation is 2. The van der Waals surface area contributed by atoms with Gasteiger partial charge in [0.2, 0.25) is 0 Å². The minimum atomic E-state index is -0.116.